The molecule has 0 saturated heterocycles. The Bertz CT molecular complexity index is 1410. The van der Waals surface area contributed by atoms with Crippen LogP contribution in [-0.2, 0) is 16.3 Å². The van der Waals surface area contributed by atoms with Gasteiger partial charge in [0.25, 0.3) is 5.91 Å². The van der Waals surface area contributed by atoms with Gasteiger partial charge in [-0.2, -0.15) is 9.49 Å². The minimum atomic E-state index is -1.20. The summed E-state index contributed by atoms with van der Waals surface area (Å²) in [5.74, 6) is -1.01. The first-order valence-corrected chi connectivity index (χ1v) is 18.4. The van der Waals surface area contributed by atoms with Crippen molar-refractivity contribution in [1.82, 2.24) is 25.2 Å². The van der Waals surface area contributed by atoms with Crippen molar-refractivity contribution in [3.63, 3.8) is 0 Å². The second-order valence-corrected chi connectivity index (χ2v) is 18.3. The van der Waals surface area contributed by atoms with E-state index in [1.807, 2.05) is 13.8 Å². The van der Waals surface area contributed by atoms with Gasteiger partial charge in [-0.15, -0.1) is 0 Å². The second kappa shape index (κ2) is 13.3. The van der Waals surface area contributed by atoms with Crippen LogP contribution < -0.4 is 10.6 Å². The van der Waals surface area contributed by atoms with Gasteiger partial charge < -0.3 is 19.9 Å². The van der Waals surface area contributed by atoms with Crippen LogP contribution in [0.4, 0.5) is 10.2 Å². The van der Waals surface area contributed by atoms with E-state index in [-0.39, 0.29) is 17.3 Å². The summed E-state index contributed by atoms with van der Waals surface area (Å²) >= 11 is 0. The van der Waals surface area contributed by atoms with E-state index in [4.69, 9.17) is 9.26 Å². The van der Waals surface area contributed by atoms with Gasteiger partial charge in [0, 0.05) is 31.5 Å². The molecule has 2 N–H and O–H groups in total. The zero-order valence-corrected chi connectivity index (χ0v) is 26.7. The number of hydrogen-bond acceptors (Lipinski definition) is 7. The first kappa shape index (κ1) is 31.6. The molecular formula is C30H43FN6O4Si. The first-order chi connectivity index (χ1) is 19.8. The maximum atomic E-state index is 15.4. The highest BCUT2D eigenvalue weighted by molar-refractivity contribution is 6.76. The number of carbonyl (C=O) groups is 2. The third-order valence-corrected chi connectivity index (χ3v) is 9.76. The predicted molar refractivity (Wildman–Crippen MR) is 161 cm³/mol. The Morgan fingerprint density at radius 1 is 1.14 bits per heavy atom. The highest BCUT2D eigenvalue weighted by Crippen LogP contribution is 2.32. The maximum Gasteiger partial charge on any atom is 0.257 e. The number of ether oxygens (including phenoxy) is 1. The summed E-state index contributed by atoms with van der Waals surface area (Å²) in [7, 11) is -1.20. The number of amides is 2. The van der Waals surface area contributed by atoms with Crippen molar-refractivity contribution < 1.29 is 23.2 Å². The van der Waals surface area contributed by atoms with Gasteiger partial charge in [-0.3, -0.25) is 9.59 Å². The molecule has 3 aromatic heterocycles. The standard InChI is InChI=1S/C30H43FN6O4Si/c1-18-8-10-22(11-9-18)27(34-29(38)24-16-41-36-19(24)2)30(39)33-25-13-12-23(28(31)32-25)26-20(3)35-37(21(26)4)17-40-14-15-42(5,6)7/h12-13,16,18,22,27H,8-11,14-15,17H2,1-7H3,(H,34,38)(H,32,33,39)/t18-,22-,27-/m0/s1. The Labute approximate surface area is 247 Å². The first-order valence-electron chi connectivity index (χ1n) is 14.7. The molecule has 0 aliphatic heterocycles. The van der Waals surface area contributed by atoms with Gasteiger partial charge in [0.05, 0.1) is 11.4 Å². The number of hydrogen-bond donors (Lipinski definition) is 2. The van der Waals surface area contributed by atoms with E-state index in [9.17, 15) is 9.59 Å². The van der Waals surface area contributed by atoms with Crippen molar-refractivity contribution in [3.05, 3.63) is 47.0 Å². The highest BCUT2D eigenvalue weighted by atomic mass is 28.3. The number of rotatable bonds is 11. The monoisotopic (exact) mass is 598 g/mol. The van der Waals surface area contributed by atoms with Gasteiger partial charge >= 0.3 is 0 Å². The largest absolute Gasteiger partial charge is 0.364 e. The van der Waals surface area contributed by atoms with E-state index in [2.05, 4.69) is 52.4 Å². The molecule has 10 nitrogen and oxygen atoms in total. The molecule has 12 heteroatoms. The molecule has 1 saturated carbocycles. The number of nitrogens with zero attached hydrogens (tertiary/aromatic N) is 4. The quantitative estimate of drug-likeness (QED) is 0.161. The number of pyridine rings is 1. The van der Waals surface area contributed by atoms with Crippen LogP contribution in [0.2, 0.25) is 25.7 Å². The molecule has 2 amide bonds. The molecule has 0 unspecified atom stereocenters. The molecule has 1 aliphatic carbocycles. The van der Waals surface area contributed by atoms with E-state index < -0.39 is 31.9 Å². The molecule has 3 aromatic rings. The molecule has 1 atom stereocenters. The fraction of sp³-hybridized carbons (Fsp3) is 0.567. The SMILES string of the molecule is Cc1nocc1C(=O)N[C@H](C(=O)Nc1ccc(-c2c(C)nn(COCC[Si](C)(C)C)c2C)c(F)n1)[C@H]1CC[C@H](C)CC1. The topological polar surface area (TPSA) is 124 Å². The summed E-state index contributed by atoms with van der Waals surface area (Å²) in [6, 6.07) is 3.41. The summed E-state index contributed by atoms with van der Waals surface area (Å²) in [5.41, 5.74) is 3.10. The molecule has 0 aromatic carbocycles. The van der Waals surface area contributed by atoms with Gasteiger partial charge in [-0.05, 0) is 63.6 Å². The number of anilines is 1. The van der Waals surface area contributed by atoms with Crippen molar-refractivity contribution in [2.45, 2.75) is 91.8 Å². The Morgan fingerprint density at radius 2 is 1.86 bits per heavy atom. The van der Waals surface area contributed by atoms with Gasteiger partial charge in [-0.25, -0.2) is 9.67 Å². The lowest BCUT2D eigenvalue weighted by molar-refractivity contribution is -0.119. The van der Waals surface area contributed by atoms with Crippen molar-refractivity contribution in [3.8, 4) is 11.1 Å². The van der Waals surface area contributed by atoms with Crippen LogP contribution >= 0.6 is 0 Å². The van der Waals surface area contributed by atoms with E-state index >= 15 is 4.39 Å². The second-order valence-electron chi connectivity index (χ2n) is 12.7. The van der Waals surface area contributed by atoms with Gasteiger partial charge in [-0.1, -0.05) is 44.6 Å². The predicted octanol–water partition coefficient (Wildman–Crippen LogP) is 5.87. The molecule has 0 bridgehead atoms. The molecule has 42 heavy (non-hydrogen) atoms. The molecule has 0 radical (unpaired) electrons. The molecular weight excluding hydrogens is 555 g/mol. The minimum absolute atomic E-state index is 0.0569. The number of carbonyl (C=O) groups excluding carboxylic acids is 2. The summed E-state index contributed by atoms with van der Waals surface area (Å²) < 4.78 is 27.9. The molecule has 0 spiro atoms. The van der Waals surface area contributed by atoms with Crippen molar-refractivity contribution in [2.24, 2.45) is 11.8 Å². The van der Waals surface area contributed by atoms with E-state index in [0.29, 0.717) is 41.8 Å². The Hall–Kier alpha value is -3.38. The van der Waals surface area contributed by atoms with Crippen molar-refractivity contribution >= 4 is 25.7 Å². The normalized spacial score (nSPS) is 18.1. The van der Waals surface area contributed by atoms with Crippen LogP contribution in [0.15, 0.2) is 22.9 Å². The Morgan fingerprint density at radius 3 is 2.48 bits per heavy atom. The number of nitrogens with one attached hydrogen (secondary N) is 2. The van der Waals surface area contributed by atoms with Crippen LogP contribution in [0.1, 0.15) is 60.0 Å². The van der Waals surface area contributed by atoms with Gasteiger partial charge in [0.1, 0.15) is 30.4 Å². The summed E-state index contributed by atoms with van der Waals surface area (Å²) in [4.78, 5) is 30.5. The number of aryl methyl sites for hydroxylation is 2. The van der Waals surface area contributed by atoms with Gasteiger partial charge in [0.2, 0.25) is 11.9 Å². The van der Waals surface area contributed by atoms with Crippen LogP contribution in [0.5, 0.6) is 0 Å². The third kappa shape index (κ3) is 7.71. The van der Waals surface area contributed by atoms with Crippen LogP contribution in [-0.4, -0.2) is 52.5 Å². The zero-order chi connectivity index (χ0) is 30.6. The number of aromatic nitrogens is 4. The Kier molecular flexibility index (Phi) is 9.98. The highest BCUT2D eigenvalue weighted by Gasteiger charge is 2.33. The lowest BCUT2D eigenvalue weighted by Crippen LogP contribution is -2.49. The van der Waals surface area contributed by atoms with Crippen molar-refractivity contribution in [1.29, 1.82) is 0 Å². The molecule has 4 rings (SSSR count). The number of halogens is 1. The molecule has 1 aliphatic rings. The average molecular weight is 599 g/mol. The summed E-state index contributed by atoms with van der Waals surface area (Å²) in [6.07, 6.45) is 4.80. The fourth-order valence-corrected chi connectivity index (χ4v) is 6.14. The Balaban J connectivity index is 1.49. The summed E-state index contributed by atoms with van der Waals surface area (Å²) in [5, 5.41) is 13.9. The minimum Gasteiger partial charge on any atom is -0.364 e. The van der Waals surface area contributed by atoms with E-state index in [1.165, 1.54) is 6.26 Å². The third-order valence-electron chi connectivity index (χ3n) is 8.06. The maximum absolute atomic E-state index is 15.4. The molecule has 1 fully saturated rings. The average Bonchev–Trinajstić information content (AvgIpc) is 3.47. The summed E-state index contributed by atoms with van der Waals surface area (Å²) in [6.45, 7) is 15.4. The molecule has 3 heterocycles. The van der Waals surface area contributed by atoms with E-state index in [1.54, 1.807) is 23.7 Å². The van der Waals surface area contributed by atoms with Crippen LogP contribution in [0, 0.1) is 38.6 Å². The van der Waals surface area contributed by atoms with Crippen LogP contribution in [0.3, 0.4) is 0 Å². The lowest BCUT2D eigenvalue weighted by atomic mass is 9.79. The fourth-order valence-electron chi connectivity index (χ4n) is 5.38. The lowest BCUT2D eigenvalue weighted by Gasteiger charge is -2.32. The van der Waals surface area contributed by atoms with Gasteiger partial charge in [0.15, 0.2) is 0 Å². The molecule has 228 valence electrons. The smallest absolute Gasteiger partial charge is 0.257 e. The van der Waals surface area contributed by atoms with E-state index in [0.717, 1.165) is 37.4 Å². The van der Waals surface area contributed by atoms with Crippen LogP contribution in [0.25, 0.3) is 11.1 Å². The van der Waals surface area contributed by atoms with Crippen molar-refractivity contribution in [2.75, 3.05) is 11.9 Å². The zero-order valence-electron chi connectivity index (χ0n) is 25.7.